The number of rotatable bonds is 8. The number of carbonyl (C=O) groups excluding carboxylic acids is 2. The lowest BCUT2D eigenvalue weighted by molar-refractivity contribution is -0.144. The van der Waals surface area contributed by atoms with Gasteiger partial charge in [-0.25, -0.2) is 4.79 Å². The van der Waals surface area contributed by atoms with Crippen LogP contribution in [0.25, 0.3) is 0 Å². The van der Waals surface area contributed by atoms with Gasteiger partial charge < -0.3 is 24.8 Å². The van der Waals surface area contributed by atoms with E-state index in [-0.39, 0.29) is 17.5 Å². The fraction of sp³-hybridized carbons (Fsp3) is 0.576. The molecule has 4 aliphatic rings. The lowest BCUT2D eigenvalue weighted by Gasteiger charge is -2.45. The first kappa shape index (κ1) is 29.7. The van der Waals surface area contributed by atoms with Crippen molar-refractivity contribution in [2.45, 2.75) is 69.1 Å². The Kier molecular flexibility index (Phi) is 9.01. The fourth-order valence-electron chi connectivity index (χ4n) is 7.48. The molecule has 3 aliphatic heterocycles. The molecule has 3 saturated heterocycles. The molecular weight excluding hydrogens is 571 g/mol. The van der Waals surface area contributed by atoms with Crippen LogP contribution in [0.4, 0.5) is 4.79 Å². The number of ether oxygens (including phenoxy) is 1. The topological polar surface area (TPSA) is 65.1 Å². The number of nitrogens with zero attached hydrogens (tertiary/aromatic N) is 3. The van der Waals surface area contributed by atoms with E-state index in [1.165, 1.54) is 0 Å². The number of urea groups is 1. The quantitative estimate of drug-likeness (QED) is 0.392. The Morgan fingerprint density at radius 3 is 2.33 bits per heavy atom. The monoisotopic (exact) mass is 612 g/mol. The standard InChI is InChI=1S/C33H42Cl2N4O3/c34-28-11-10-27(22-29(28)35)33(14-18-38(19-15-33)30(40)26-8-4-5-9-26)42-21-20-37-16-12-32(13-17-37)24-36-31(41)39(32)23-25-6-2-1-3-7-25/h1-3,6-7,10-11,22,26H,4-5,8-9,12-21,23-24H2,(H,36,41). The number of likely N-dealkylation sites (tertiary alicyclic amines) is 2. The Hall–Kier alpha value is -2.32. The average Bonchev–Trinajstić information content (AvgIpc) is 3.66. The van der Waals surface area contributed by atoms with Gasteiger partial charge in [-0.05, 0) is 61.8 Å². The molecule has 0 radical (unpaired) electrons. The van der Waals surface area contributed by atoms with Gasteiger partial charge in [0.25, 0.3) is 0 Å². The molecule has 226 valence electrons. The predicted octanol–water partition coefficient (Wildman–Crippen LogP) is 6.08. The average molecular weight is 614 g/mol. The second-order valence-corrected chi connectivity index (χ2v) is 13.4. The van der Waals surface area contributed by atoms with Crippen LogP contribution in [0, 0.1) is 5.92 Å². The van der Waals surface area contributed by atoms with Crippen molar-refractivity contribution in [2.75, 3.05) is 45.9 Å². The van der Waals surface area contributed by atoms with E-state index in [9.17, 15) is 9.59 Å². The highest BCUT2D eigenvalue weighted by atomic mass is 35.5. The minimum Gasteiger partial charge on any atom is -0.369 e. The summed E-state index contributed by atoms with van der Waals surface area (Å²) in [5.74, 6) is 0.512. The molecular formula is C33H42Cl2N4O3. The summed E-state index contributed by atoms with van der Waals surface area (Å²) in [6.45, 7) is 6.00. The van der Waals surface area contributed by atoms with E-state index in [2.05, 4.69) is 32.1 Å². The molecule has 0 atom stereocenters. The van der Waals surface area contributed by atoms with Gasteiger partial charge in [-0.1, -0.05) is 72.4 Å². The molecule has 3 heterocycles. The van der Waals surface area contributed by atoms with Gasteiger partial charge in [0.2, 0.25) is 5.91 Å². The molecule has 1 N–H and O–H groups in total. The normalized spacial score (nSPS) is 22.6. The van der Waals surface area contributed by atoms with Gasteiger partial charge in [-0.2, -0.15) is 0 Å². The number of hydrogen-bond donors (Lipinski definition) is 1. The van der Waals surface area contributed by atoms with Crippen molar-refractivity contribution in [2.24, 2.45) is 5.92 Å². The Morgan fingerprint density at radius 2 is 1.64 bits per heavy atom. The third kappa shape index (κ3) is 6.17. The molecule has 9 heteroatoms. The highest BCUT2D eigenvalue weighted by molar-refractivity contribution is 6.42. The van der Waals surface area contributed by atoms with E-state index in [1.807, 2.05) is 36.4 Å². The Bertz CT molecular complexity index is 1250. The van der Waals surface area contributed by atoms with Gasteiger partial charge in [0, 0.05) is 51.7 Å². The molecule has 7 nitrogen and oxygen atoms in total. The second kappa shape index (κ2) is 12.7. The molecule has 0 unspecified atom stereocenters. The van der Waals surface area contributed by atoms with Gasteiger partial charge in [0.1, 0.15) is 0 Å². The number of piperidine rings is 2. The third-order valence-electron chi connectivity index (χ3n) is 10.2. The molecule has 4 fully saturated rings. The van der Waals surface area contributed by atoms with Crippen LogP contribution in [0.2, 0.25) is 10.0 Å². The van der Waals surface area contributed by atoms with Gasteiger partial charge >= 0.3 is 6.03 Å². The van der Waals surface area contributed by atoms with Crippen LogP contribution in [-0.4, -0.2) is 78.1 Å². The van der Waals surface area contributed by atoms with Crippen molar-refractivity contribution in [3.8, 4) is 0 Å². The fourth-order valence-corrected chi connectivity index (χ4v) is 7.77. The van der Waals surface area contributed by atoms with Gasteiger partial charge in [0.15, 0.2) is 0 Å². The van der Waals surface area contributed by atoms with Crippen molar-refractivity contribution >= 4 is 35.1 Å². The molecule has 1 saturated carbocycles. The third-order valence-corrected chi connectivity index (χ3v) is 10.9. The van der Waals surface area contributed by atoms with Crippen LogP contribution in [0.5, 0.6) is 0 Å². The van der Waals surface area contributed by atoms with Crippen LogP contribution < -0.4 is 5.32 Å². The molecule has 1 aliphatic carbocycles. The smallest absolute Gasteiger partial charge is 0.318 e. The van der Waals surface area contributed by atoms with Crippen molar-refractivity contribution < 1.29 is 14.3 Å². The number of carbonyl (C=O) groups is 2. The lowest BCUT2D eigenvalue weighted by Crippen LogP contribution is -2.54. The van der Waals surface area contributed by atoms with E-state index in [0.717, 1.165) is 82.1 Å². The minimum atomic E-state index is -0.494. The van der Waals surface area contributed by atoms with E-state index < -0.39 is 5.60 Å². The van der Waals surface area contributed by atoms with Crippen LogP contribution in [0.15, 0.2) is 48.5 Å². The zero-order valence-corrected chi connectivity index (χ0v) is 25.8. The maximum Gasteiger partial charge on any atom is 0.318 e. The summed E-state index contributed by atoms with van der Waals surface area (Å²) in [4.78, 5) is 32.5. The van der Waals surface area contributed by atoms with Gasteiger partial charge in [-0.3, -0.25) is 4.79 Å². The molecule has 3 amide bonds. The number of nitrogens with one attached hydrogen (secondary N) is 1. The molecule has 2 aromatic carbocycles. The number of hydrogen-bond acceptors (Lipinski definition) is 4. The first-order chi connectivity index (χ1) is 20.4. The van der Waals surface area contributed by atoms with Crippen LogP contribution >= 0.6 is 23.2 Å². The Labute approximate surface area is 259 Å². The van der Waals surface area contributed by atoms with Crippen molar-refractivity contribution in [3.63, 3.8) is 0 Å². The maximum absolute atomic E-state index is 13.1. The molecule has 6 rings (SSSR count). The molecule has 1 spiro atoms. The summed E-state index contributed by atoms with van der Waals surface area (Å²) >= 11 is 12.7. The molecule has 0 bridgehead atoms. The van der Waals surface area contributed by atoms with Crippen LogP contribution in [-0.2, 0) is 21.7 Å². The lowest BCUT2D eigenvalue weighted by atomic mass is 9.83. The summed E-state index contributed by atoms with van der Waals surface area (Å²) in [7, 11) is 0. The van der Waals surface area contributed by atoms with E-state index in [0.29, 0.717) is 48.7 Å². The zero-order chi connectivity index (χ0) is 29.2. The van der Waals surface area contributed by atoms with Crippen LogP contribution in [0.1, 0.15) is 62.5 Å². The van der Waals surface area contributed by atoms with Crippen molar-refractivity contribution in [1.29, 1.82) is 0 Å². The summed E-state index contributed by atoms with van der Waals surface area (Å²) in [6.07, 6.45) is 7.74. The summed E-state index contributed by atoms with van der Waals surface area (Å²) in [5, 5.41) is 4.17. The predicted molar refractivity (Wildman–Crippen MR) is 166 cm³/mol. The van der Waals surface area contributed by atoms with E-state index >= 15 is 0 Å². The zero-order valence-electron chi connectivity index (χ0n) is 24.3. The first-order valence-electron chi connectivity index (χ1n) is 15.6. The maximum atomic E-state index is 13.1. The SMILES string of the molecule is O=C(C1CCCC1)N1CCC(OCCN2CCC3(CC2)CNC(=O)N3Cc2ccccc2)(c2ccc(Cl)c(Cl)c2)CC1. The van der Waals surface area contributed by atoms with E-state index in [1.54, 1.807) is 0 Å². The molecule has 2 aromatic rings. The van der Waals surface area contributed by atoms with Crippen molar-refractivity contribution in [3.05, 3.63) is 69.7 Å². The highest BCUT2D eigenvalue weighted by Crippen LogP contribution is 2.40. The minimum absolute atomic E-state index is 0.0389. The summed E-state index contributed by atoms with van der Waals surface area (Å²) < 4.78 is 6.78. The molecule has 0 aromatic heterocycles. The second-order valence-electron chi connectivity index (χ2n) is 12.6. The Balaban J connectivity index is 1.07. The summed E-state index contributed by atoms with van der Waals surface area (Å²) in [6, 6.07) is 16.1. The molecule has 42 heavy (non-hydrogen) atoms. The van der Waals surface area contributed by atoms with Gasteiger partial charge in [0.05, 0.1) is 27.8 Å². The first-order valence-corrected chi connectivity index (χ1v) is 16.3. The number of benzene rings is 2. The number of amides is 3. The highest BCUT2D eigenvalue weighted by Gasteiger charge is 2.47. The number of halogens is 2. The Morgan fingerprint density at radius 1 is 0.929 bits per heavy atom. The largest absolute Gasteiger partial charge is 0.369 e. The van der Waals surface area contributed by atoms with Crippen molar-refractivity contribution in [1.82, 2.24) is 20.0 Å². The van der Waals surface area contributed by atoms with Gasteiger partial charge in [-0.15, -0.1) is 0 Å². The van der Waals surface area contributed by atoms with Crippen LogP contribution in [0.3, 0.4) is 0 Å². The van der Waals surface area contributed by atoms with E-state index in [4.69, 9.17) is 27.9 Å². The summed E-state index contributed by atoms with van der Waals surface area (Å²) in [5.41, 5.74) is 1.57.